The SMILES string of the molecule is C[C@H](CO)Nc1nc(Nc2ccc([S-](=O)=NCCO)cc2)ncc1-c1cccs1. The van der Waals surface area contributed by atoms with Gasteiger partial charge in [-0.15, -0.1) is 11.3 Å². The fraction of sp³-hybridized carbons (Fsp3) is 0.263. The Hall–Kier alpha value is -2.53. The van der Waals surface area contributed by atoms with Gasteiger partial charge >= 0.3 is 0 Å². The number of aromatic nitrogens is 2. The van der Waals surface area contributed by atoms with Crippen LogP contribution in [0.5, 0.6) is 0 Å². The van der Waals surface area contributed by atoms with Crippen LogP contribution in [-0.4, -0.2) is 46.0 Å². The van der Waals surface area contributed by atoms with Crippen LogP contribution in [-0.2, 0) is 14.8 Å². The zero-order valence-corrected chi connectivity index (χ0v) is 17.4. The third-order valence-corrected chi connectivity index (χ3v) is 5.85. The van der Waals surface area contributed by atoms with Gasteiger partial charge in [-0.05, 0) is 30.5 Å². The number of benzene rings is 1. The van der Waals surface area contributed by atoms with E-state index in [0.717, 1.165) is 16.1 Å². The molecule has 8 nitrogen and oxygen atoms in total. The Morgan fingerprint density at radius 2 is 2.03 bits per heavy atom. The molecule has 0 aliphatic heterocycles. The molecule has 0 unspecified atom stereocenters. The topological polar surface area (TPSA) is 120 Å². The van der Waals surface area contributed by atoms with E-state index >= 15 is 0 Å². The third kappa shape index (κ3) is 5.73. The predicted octanol–water partition coefficient (Wildman–Crippen LogP) is 3.24. The van der Waals surface area contributed by atoms with Gasteiger partial charge in [-0.2, -0.15) is 15.6 Å². The summed E-state index contributed by atoms with van der Waals surface area (Å²) in [7, 11) is -1.50. The average Bonchev–Trinajstić information content (AvgIpc) is 3.27. The molecule has 0 bridgehead atoms. The van der Waals surface area contributed by atoms with Crippen molar-refractivity contribution in [3.8, 4) is 10.4 Å². The Morgan fingerprint density at radius 1 is 1.24 bits per heavy atom. The van der Waals surface area contributed by atoms with E-state index in [1.165, 1.54) is 0 Å². The zero-order valence-electron chi connectivity index (χ0n) is 15.8. The minimum Gasteiger partial charge on any atom is -0.440 e. The first kappa shape index (κ1) is 21.2. The summed E-state index contributed by atoms with van der Waals surface area (Å²) in [6.07, 6.45) is 1.74. The van der Waals surface area contributed by atoms with E-state index in [0.29, 0.717) is 16.7 Å². The average molecular weight is 433 g/mol. The van der Waals surface area contributed by atoms with Crippen molar-refractivity contribution < 1.29 is 14.4 Å². The van der Waals surface area contributed by atoms with Crippen LogP contribution in [0.15, 0.2) is 57.2 Å². The molecule has 10 heteroatoms. The number of hydrogen-bond acceptors (Lipinski definition) is 10. The van der Waals surface area contributed by atoms with E-state index in [1.807, 2.05) is 24.4 Å². The molecule has 0 radical (unpaired) electrons. The number of hydrogen-bond donors (Lipinski definition) is 4. The number of aliphatic hydroxyl groups is 2. The number of rotatable bonds is 9. The summed E-state index contributed by atoms with van der Waals surface area (Å²) in [4.78, 5) is 10.5. The number of anilines is 3. The molecule has 0 aliphatic rings. The van der Waals surface area contributed by atoms with Gasteiger partial charge in [0.25, 0.3) is 0 Å². The van der Waals surface area contributed by atoms with Gasteiger partial charge in [-0.3, -0.25) is 0 Å². The lowest BCUT2D eigenvalue weighted by Gasteiger charge is -2.16. The standard InChI is InChI=1S/C19H22N5O3S2/c1-13(12-26)22-18-16(17-3-2-10-28-17)11-20-19(24-18)23-14-4-6-15(7-5-14)29(27)21-8-9-25/h2-7,10-11,13,25-26H,8-9,12H2,1H3,(H2,20,22,23,24)/q-1/t13-/m1/s1. The Morgan fingerprint density at radius 3 is 2.69 bits per heavy atom. The Kier molecular flexibility index (Phi) is 7.53. The van der Waals surface area contributed by atoms with Crippen LogP contribution < -0.4 is 10.6 Å². The lowest BCUT2D eigenvalue weighted by molar-refractivity contribution is 0.281. The normalized spacial score (nSPS) is 13.2. The van der Waals surface area contributed by atoms with Crippen molar-refractivity contribution in [3.63, 3.8) is 0 Å². The molecule has 2 heterocycles. The van der Waals surface area contributed by atoms with Crippen LogP contribution in [0.25, 0.3) is 10.4 Å². The molecule has 29 heavy (non-hydrogen) atoms. The molecule has 2 aromatic heterocycles. The van der Waals surface area contributed by atoms with E-state index < -0.39 is 10.6 Å². The first-order chi connectivity index (χ1) is 14.1. The van der Waals surface area contributed by atoms with Crippen molar-refractivity contribution in [2.75, 3.05) is 30.4 Å². The van der Waals surface area contributed by atoms with E-state index in [9.17, 15) is 9.32 Å². The summed E-state index contributed by atoms with van der Waals surface area (Å²) >= 11 is 1.59. The smallest absolute Gasteiger partial charge is 0.229 e. The van der Waals surface area contributed by atoms with Gasteiger partial charge in [0, 0.05) is 29.3 Å². The molecule has 0 aliphatic carbocycles. The molecule has 1 atom stereocenters. The van der Waals surface area contributed by atoms with Crippen molar-refractivity contribution in [3.05, 3.63) is 48.0 Å². The van der Waals surface area contributed by atoms with Gasteiger partial charge in [0.15, 0.2) is 0 Å². The molecule has 3 aromatic rings. The molecule has 0 saturated carbocycles. The maximum atomic E-state index is 12.0. The second-order valence-electron chi connectivity index (χ2n) is 6.14. The van der Waals surface area contributed by atoms with Crippen LogP contribution in [0.1, 0.15) is 6.92 Å². The summed E-state index contributed by atoms with van der Waals surface area (Å²) < 4.78 is 15.8. The lowest BCUT2D eigenvalue weighted by Crippen LogP contribution is -2.21. The number of aliphatic hydroxyl groups excluding tert-OH is 2. The first-order valence-corrected chi connectivity index (χ1v) is 10.9. The highest BCUT2D eigenvalue weighted by molar-refractivity contribution is 7.74. The van der Waals surface area contributed by atoms with Crippen LogP contribution in [0.3, 0.4) is 0 Å². The summed E-state index contributed by atoms with van der Waals surface area (Å²) in [5, 5.41) is 26.5. The van der Waals surface area contributed by atoms with Crippen molar-refractivity contribution in [1.82, 2.24) is 9.97 Å². The van der Waals surface area contributed by atoms with Gasteiger partial charge in [0.05, 0.1) is 18.8 Å². The van der Waals surface area contributed by atoms with Crippen molar-refractivity contribution >= 4 is 39.4 Å². The predicted molar refractivity (Wildman–Crippen MR) is 116 cm³/mol. The van der Waals surface area contributed by atoms with Crippen LogP contribution in [0.2, 0.25) is 0 Å². The van der Waals surface area contributed by atoms with E-state index in [1.54, 1.807) is 41.8 Å². The van der Waals surface area contributed by atoms with Gasteiger partial charge in [-0.1, -0.05) is 23.1 Å². The highest BCUT2D eigenvalue weighted by Crippen LogP contribution is 2.31. The molecule has 0 amide bonds. The minimum absolute atomic E-state index is 0.0173. The second-order valence-corrected chi connectivity index (χ2v) is 8.31. The van der Waals surface area contributed by atoms with Crippen LogP contribution in [0.4, 0.5) is 17.5 Å². The molecule has 0 saturated heterocycles. The van der Waals surface area contributed by atoms with E-state index in [-0.39, 0.29) is 25.8 Å². The first-order valence-electron chi connectivity index (χ1n) is 8.96. The molecular weight excluding hydrogens is 410 g/mol. The Balaban J connectivity index is 1.82. The molecule has 0 fully saturated rings. The van der Waals surface area contributed by atoms with Crippen molar-refractivity contribution in [2.24, 2.45) is 4.36 Å². The summed E-state index contributed by atoms with van der Waals surface area (Å²) in [6, 6.07) is 10.7. The van der Waals surface area contributed by atoms with Crippen molar-refractivity contribution in [1.29, 1.82) is 0 Å². The van der Waals surface area contributed by atoms with Crippen molar-refractivity contribution in [2.45, 2.75) is 17.9 Å². The Labute approximate surface area is 174 Å². The Bertz CT molecular complexity index is 1000. The van der Waals surface area contributed by atoms with E-state index in [2.05, 4.69) is 25.0 Å². The van der Waals surface area contributed by atoms with Crippen LogP contribution in [0, 0.1) is 0 Å². The fourth-order valence-electron chi connectivity index (χ4n) is 2.43. The number of nitrogens with zero attached hydrogens (tertiary/aromatic N) is 3. The highest BCUT2D eigenvalue weighted by atomic mass is 32.2. The molecule has 3 rings (SSSR count). The largest absolute Gasteiger partial charge is 0.440 e. The minimum atomic E-state index is -1.50. The monoisotopic (exact) mass is 432 g/mol. The maximum absolute atomic E-state index is 12.0. The fourth-order valence-corrected chi connectivity index (χ4v) is 3.93. The van der Waals surface area contributed by atoms with E-state index in [4.69, 9.17) is 5.11 Å². The third-order valence-electron chi connectivity index (χ3n) is 3.85. The number of thiophene rings is 1. The molecule has 0 spiro atoms. The van der Waals surface area contributed by atoms with Gasteiger partial charge in [0.2, 0.25) is 5.95 Å². The quantitative estimate of drug-likeness (QED) is 0.383. The molecule has 1 aromatic carbocycles. The summed E-state index contributed by atoms with van der Waals surface area (Å²) in [5.41, 5.74) is 1.60. The zero-order chi connectivity index (χ0) is 20.6. The summed E-state index contributed by atoms with van der Waals surface area (Å²) in [5.74, 6) is 1.03. The maximum Gasteiger partial charge on any atom is 0.229 e. The second kappa shape index (κ2) is 10.3. The number of nitrogens with one attached hydrogen (secondary N) is 2. The molecular formula is C19H22N5O3S2-. The van der Waals surface area contributed by atoms with Gasteiger partial charge in [-0.25, -0.2) is 4.98 Å². The van der Waals surface area contributed by atoms with Gasteiger partial charge < -0.3 is 29.4 Å². The van der Waals surface area contributed by atoms with Crippen LogP contribution >= 0.6 is 11.3 Å². The summed E-state index contributed by atoms with van der Waals surface area (Å²) in [6.45, 7) is 1.86. The lowest BCUT2D eigenvalue weighted by atomic mass is 10.2. The molecule has 154 valence electrons. The highest BCUT2D eigenvalue weighted by Gasteiger charge is 2.12. The molecule has 4 N–H and O–H groups in total. The van der Waals surface area contributed by atoms with Gasteiger partial charge in [0.1, 0.15) is 5.82 Å².